The third-order valence-electron chi connectivity index (χ3n) is 5.90. The average Bonchev–Trinajstić information content (AvgIpc) is 2.67. The highest BCUT2D eigenvalue weighted by Gasteiger charge is 2.37. The normalized spacial score (nSPS) is 21.9. The Labute approximate surface area is 162 Å². The van der Waals surface area contributed by atoms with Gasteiger partial charge < -0.3 is 9.47 Å². The molecule has 0 spiro atoms. The Bertz CT molecular complexity index is 734. The van der Waals surface area contributed by atoms with E-state index in [-0.39, 0.29) is 12.4 Å². The summed E-state index contributed by atoms with van der Waals surface area (Å²) in [5.74, 6) is 2.41. The molecule has 2 atom stereocenters. The fourth-order valence-corrected chi connectivity index (χ4v) is 4.79. The van der Waals surface area contributed by atoms with Crippen LogP contribution >= 0.6 is 12.4 Å². The summed E-state index contributed by atoms with van der Waals surface area (Å²) in [6, 6.07) is 15.9. The molecule has 0 radical (unpaired) electrons. The number of fused-ring (bicyclic) bond motifs is 3. The lowest BCUT2D eigenvalue weighted by Crippen LogP contribution is -2.45. The largest absolute Gasteiger partial charge is 0.493 e. The number of piperidine rings is 1. The molecule has 26 heavy (non-hydrogen) atoms. The number of nitrogens with zero attached hydrogens (tertiary/aromatic N) is 1. The topological polar surface area (TPSA) is 21.7 Å². The average molecular weight is 374 g/mol. The second kappa shape index (κ2) is 8.32. The molecule has 0 bridgehead atoms. The van der Waals surface area contributed by atoms with Crippen molar-refractivity contribution >= 4 is 12.4 Å². The summed E-state index contributed by atoms with van der Waals surface area (Å²) in [6.07, 6.45) is 4.82. The number of hydrogen-bond donors (Lipinski definition) is 0. The van der Waals surface area contributed by atoms with Gasteiger partial charge in [0.25, 0.3) is 0 Å². The van der Waals surface area contributed by atoms with E-state index in [2.05, 4.69) is 47.4 Å². The van der Waals surface area contributed by atoms with Gasteiger partial charge in [0.1, 0.15) is 0 Å². The van der Waals surface area contributed by atoms with Crippen LogP contribution in [0, 0.1) is 0 Å². The van der Waals surface area contributed by atoms with Crippen LogP contribution in [0.15, 0.2) is 42.5 Å². The van der Waals surface area contributed by atoms with Gasteiger partial charge in [-0.05, 0) is 55.3 Å². The molecule has 2 aliphatic rings. The standard InChI is InChI=1S/C22H27NO2.ClH/c1-24-21-13-11-17-18-9-6-14-23(15-16-7-4-3-5-8-16)20(18)12-10-19(17)22(21)25-2;/h3-5,7-8,11,13,18,20H,6,9-10,12,14-15H2,1-2H3;1H/t18-,20-;/m1./s1. The Morgan fingerprint density at radius 3 is 2.54 bits per heavy atom. The van der Waals surface area contributed by atoms with E-state index >= 15 is 0 Å². The zero-order chi connectivity index (χ0) is 17.2. The van der Waals surface area contributed by atoms with Gasteiger partial charge in [0.2, 0.25) is 0 Å². The van der Waals surface area contributed by atoms with Crippen LogP contribution < -0.4 is 9.47 Å². The molecule has 0 unspecified atom stereocenters. The van der Waals surface area contributed by atoms with Gasteiger partial charge in [0.15, 0.2) is 11.5 Å². The third kappa shape index (κ3) is 3.43. The van der Waals surface area contributed by atoms with Crippen molar-refractivity contribution in [1.82, 2.24) is 4.90 Å². The van der Waals surface area contributed by atoms with E-state index in [0.717, 1.165) is 24.5 Å². The molecule has 4 rings (SSSR count). The summed E-state index contributed by atoms with van der Waals surface area (Å²) < 4.78 is 11.2. The summed E-state index contributed by atoms with van der Waals surface area (Å²) in [5, 5.41) is 0. The van der Waals surface area contributed by atoms with E-state index in [9.17, 15) is 0 Å². The predicted octanol–water partition coefficient (Wildman–Crippen LogP) is 4.82. The molecule has 2 aromatic carbocycles. The molecule has 1 aliphatic heterocycles. The van der Waals surface area contributed by atoms with Crippen LogP contribution in [0.3, 0.4) is 0 Å². The van der Waals surface area contributed by atoms with Crippen LogP contribution in [0.5, 0.6) is 11.5 Å². The Balaban J connectivity index is 0.00000196. The first-order chi connectivity index (χ1) is 12.3. The fraction of sp³-hybridized carbons (Fsp3) is 0.455. The van der Waals surface area contributed by atoms with Crippen molar-refractivity contribution in [3.8, 4) is 11.5 Å². The van der Waals surface area contributed by atoms with Crippen LogP contribution in [0.25, 0.3) is 0 Å². The highest BCUT2D eigenvalue weighted by Crippen LogP contribution is 2.46. The van der Waals surface area contributed by atoms with E-state index in [0.29, 0.717) is 12.0 Å². The molecule has 0 N–H and O–H groups in total. The van der Waals surface area contributed by atoms with Gasteiger partial charge in [-0.1, -0.05) is 36.4 Å². The summed E-state index contributed by atoms with van der Waals surface area (Å²) in [4.78, 5) is 2.70. The molecule has 1 aliphatic carbocycles. The highest BCUT2D eigenvalue weighted by molar-refractivity contribution is 5.85. The van der Waals surface area contributed by atoms with Crippen LogP contribution in [0.4, 0.5) is 0 Å². The van der Waals surface area contributed by atoms with Crippen molar-refractivity contribution < 1.29 is 9.47 Å². The number of hydrogen-bond acceptors (Lipinski definition) is 3. The summed E-state index contributed by atoms with van der Waals surface area (Å²) >= 11 is 0. The molecule has 140 valence electrons. The van der Waals surface area contributed by atoms with Crippen LogP contribution in [-0.2, 0) is 13.0 Å². The number of methoxy groups -OCH3 is 2. The maximum Gasteiger partial charge on any atom is 0.164 e. The number of ether oxygens (including phenoxy) is 2. The van der Waals surface area contributed by atoms with Crippen LogP contribution in [-0.4, -0.2) is 31.7 Å². The van der Waals surface area contributed by atoms with Crippen molar-refractivity contribution in [1.29, 1.82) is 0 Å². The van der Waals surface area contributed by atoms with E-state index < -0.39 is 0 Å². The Morgan fingerprint density at radius 1 is 1.00 bits per heavy atom. The molecule has 1 saturated heterocycles. The summed E-state index contributed by atoms with van der Waals surface area (Å²) in [7, 11) is 3.48. The molecule has 4 heteroatoms. The number of rotatable bonds is 4. The lowest BCUT2D eigenvalue weighted by molar-refractivity contribution is 0.104. The molecule has 1 fully saturated rings. The zero-order valence-corrected chi connectivity index (χ0v) is 16.4. The third-order valence-corrected chi connectivity index (χ3v) is 5.90. The molecule has 0 aromatic heterocycles. The first kappa shape index (κ1) is 19.1. The first-order valence-electron chi connectivity index (χ1n) is 9.33. The lowest BCUT2D eigenvalue weighted by Gasteiger charge is -2.45. The van der Waals surface area contributed by atoms with E-state index in [1.54, 1.807) is 14.2 Å². The zero-order valence-electron chi connectivity index (χ0n) is 15.6. The molecule has 0 amide bonds. The van der Waals surface area contributed by atoms with Crippen molar-refractivity contribution in [2.45, 2.75) is 44.2 Å². The molecule has 3 nitrogen and oxygen atoms in total. The van der Waals surface area contributed by atoms with Gasteiger partial charge >= 0.3 is 0 Å². The SMILES string of the molecule is COc1ccc2c(c1OC)CC[C@@H]1[C@@H]2CCCN1Cc1ccccc1.Cl. The van der Waals surface area contributed by atoms with Gasteiger partial charge in [-0.25, -0.2) is 0 Å². The number of benzene rings is 2. The number of likely N-dealkylation sites (tertiary alicyclic amines) is 1. The summed E-state index contributed by atoms with van der Waals surface area (Å²) in [5.41, 5.74) is 4.26. The van der Waals surface area contributed by atoms with Crippen molar-refractivity contribution in [3.05, 3.63) is 59.2 Å². The first-order valence-corrected chi connectivity index (χ1v) is 9.33. The molecule has 1 heterocycles. The minimum atomic E-state index is 0. The van der Waals surface area contributed by atoms with Crippen LogP contribution in [0.2, 0.25) is 0 Å². The smallest absolute Gasteiger partial charge is 0.164 e. The molecular weight excluding hydrogens is 346 g/mol. The maximum absolute atomic E-state index is 5.70. The van der Waals surface area contributed by atoms with Crippen molar-refractivity contribution in [3.63, 3.8) is 0 Å². The maximum atomic E-state index is 5.70. The Hall–Kier alpha value is -1.71. The highest BCUT2D eigenvalue weighted by atomic mass is 35.5. The fourth-order valence-electron chi connectivity index (χ4n) is 4.79. The van der Waals surface area contributed by atoms with Gasteiger partial charge in [-0.15, -0.1) is 12.4 Å². The molecular formula is C22H28ClNO2. The van der Waals surface area contributed by atoms with E-state index in [1.807, 2.05) is 0 Å². The van der Waals surface area contributed by atoms with Crippen LogP contribution in [0.1, 0.15) is 41.9 Å². The van der Waals surface area contributed by atoms with E-state index in [1.165, 1.54) is 42.5 Å². The molecule has 2 aromatic rings. The van der Waals surface area contributed by atoms with Gasteiger partial charge in [-0.3, -0.25) is 4.90 Å². The minimum Gasteiger partial charge on any atom is -0.493 e. The lowest BCUT2D eigenvalue weighted by atomic mass is 9.74. The Morgan fingerprint density at radius 2 is 1.81 bits per heavy atom. The van der Waals surface area contributed by atoms with Crippen molar-refractivity contribution in [2.75, 3.05) is 20.8 Å². The predicted molar refractivity (Wildman–Crippen MR) is 108 cm³/mol. The van der Waals surface area contributed by atoms with Crippen molar-refractivity contribution in [2.24, 2.45) is 0 Å². The summed E-state index contributed by atoms with van der Waals surface area (Å²) in [6.45, 7) is 2.27. The van der Waals surface area contributed by atoms with Gasteiger partial charge in [0, 0.05) is 18.2 Å². The second-order valence-corrected chi connectivity index (χ2v) is 7.18. The number of halogens is 1. The van der Waals surface area contributed by atoms with E-state index in [4.69, 9.17) is 9.47 Å². The Kier molecular flexibility index (Phi) is 6.10. The minimum absolute atomic E-state index is 0. The quantitative estimate of drug-likeness (QED) is 0.766. The van der Waals surface area contributed by atoms with Gasteiger partial charge in [0.05, 0.1) is 14.2 Å². The molecule has 0 saturated carbocycles. The second-order valence-electron chi connectivity index (χ2n) is 7.18. The monoisotopic (exact) mass is 373 g/mol. The van der Waals surface area contributed by atoms with Gasteiger partial charge in [-0.2, -0.15) is 0 Å².